The lowest BCUT2D eigenvalue weighted by molar-refractivity contribution is 0.174. The lowest BCUT2D eigenvalue weighted by atomic mass is 9.99. The number of pyridine rings is 1. The number of rotatable bonds is 6. The molecule has 1 saturated heterocycles. The monoisotopic (exact) mass is 461 g/mol. The van der Waals surface area contributed by atoms with Gasteiger partial charge in [0, 0.05) is 23.6 Å². The zero-order valence-electron chi connectivity index (χ0n) is 19.0. The highest BCUT2D eigenvalue weighted by atomic mass is 19.1. The third-order valence-electron chi connectivity index (χ3n) is 5.64. The zero-order valence-corrected chi connectivity index (χ0v) is 19.0. The number of ether oxygens (including phenoxy) is 1. The molecule has 0 saturated carbocycles. The first-order valence-corrected chi connectivity index (χ1v) is 10.7. The molecule has 1 aliphatic heterocycles. The fraction of sp³-hybridized carbons (Fsp3) is 0.292. The van der Waals surface area contributed by atoms with Crippen LogP contribution in [0.1, 0.15) is 36.7 Å². The first-order valence-electron chi connectivity index (χ1n) is 10.7. The van der Waals surface area contributed by atoms with Gasteiger partial charge >= 0.3 is 6.09 Å². The Morgan fingerprint density at radius 3 is 2.79 bits per heavy atom. The number of aryl methyl sites for hydroxylation is 1. The summed E-state index contributed by atoms with van der Waals surface area (Å²) in [6, 6.07) is 9.79. The molecule has 3 aromatic rings. The SMILES string of the molecule is Cc1cc([C@H](C)Nc2nccc(N3C(=O)OC[C@@H]3[C@H](C)F)n2)ncc1-c1cc(N)cc(C#N)c1. The quantitative estimate of drug-likeness (QED) is 0.524. The van der Waals surface area contributed by atoms with Gasteiger partial charge in [0.2, 0.25) is 5.95 Å². The van der Waals surface area contributed by atoms with E-state index < -0.39 is 18.3 Å². The molecule has 1 aromatic carbocycles. The van der Waals surface area contributed by atoms with E-state index in [2.05, 4.69) is 26.3 Å². The van der Waals surface area contributed by atoms with Crippen molar-refractivity contribution in [2.45, 2.75) is 39.0 Å². The average molecular weight is 462 g/mol. The van der Waals surface area contributed by atoms with E-state index in [-0.39, 0.29) is 24.4 Å². The highest BCUT2D eigenvalue weighted by Crippen LogP contribution is 2.29. The highest BCUT2D eigenvalue weighted by molar-refractivity contribution is 5.89. The molecule has 4 rings (SSSR count). The molecule has 3 N–H and O–H groups in total. The fourth-order valence-corrected chi connectivity index (χ4v) is 3.85. The van der Waals surface area contributed by atoms with E-state index in [9.17, 15) is 14.4 Å². The van der Waals surface area contributed by atoms with Gasteiger partial charge in [-0.3, -0.25) is 9.88 Å². The molecule has 174 valence electrons. The number of cyclic esters (lactones) is 1. The van der Waals surface area contributed by atoms with E-state index in [1.165, 1.54) is 24.1 Å². The van der Waals surface area contributed by atoms with E-state index in [0.717, 1.165) is 22.4 Å². The molecule has 1 aliphatic rings. The first kappa shape index (κ1) is 22.9. The predicted octanol–water partition coefficient (Wildman–Crippen LogP) is 4.16. The van der Waals surface area contributed by atoms with Gasteiger partial charge in [-0.05, 0) is 62.2 Å². The summed E-state index contributed by atoms with van der Waals surface area (Å²) >= 11 is 0. The molecule has 2 aromatic heterocycles. The lowest BCUT2D eigenvalue weighted by Crippen LogP contribution is -2.39. The second-order valence-electron chi connectivity index (χ2n) is 8.18. The molecule has 0 spiro atoms. The van der Waals surface area contributed by atoms with Crippen LogP contribution in [-0.4, -0.2) is 39.9 Å². The maximum Gasteiger partial charge on any atom is 0.416 e. The van der Waals surface area contributed by atoms with Gasteiger partial charge in [0.25, 0.3) is 0 Å². The van der Waals surface area contributed by atoms with Crippen molar-refractivity contribution in [3.63, 3.8) is 0 Å². The Labute approximate surface area is 196 Å². The van der Waals surface area contributed by atoms with Gasteiger partial charge in [-0.25, -0.2) is 14.2 Å². The summed E-state index contributed by atoms with van der Waals surface area (Å²) in [6.45, 7) is 5.21. The molecule has 34 heavy (non-hydrogen) atoms. The summed E-state index contributed by atoms with van der Waals surface area (Å²) in [5.41, 5.74) is 10.3. The van der Waals surface area contributed by atoms with E-state index in [0.29, 0.717) is 11.3 Å². The smallest absolute Gasteiger partial charge is 0.416 e. The maximum absolute atomic E-state index is 13.9. The average Bonchev–Trinajstić information content (AvgIpc) is 3.20. The van der Waals surface area contributed by atoms with Crippen LogP contribution in [0.15, 0.2) is 42.7 Å². The number of amides is 1. The Morgan fingerprint density at radius 1 is 1.29 bits per heavy atom. The number of hydrogen-bond acceptors (Lipinski definition) is 8. The van der Waals surface area contributed by atoms with E-state index in [1.54, 1.807) is 24.4 Å². The number of alkyl halides is 1. The van der Waals surface area contributed by atoms with Crippen molar-refractivity contribution in [1.29, 1.82) is 5.26 Å². The van der Waals surface area contributed by atoms with Gasteiger partial charge in [0.05, 0.1) is 23.4 Å². The van der Waals surface area contributed by atoms with Crippen molar-refractivity contribution in [2.75, 3.05) is 22.6 Å². The molecule has 3 atom stereocenters. The predicted molar refractivity (Wildman–Crippen MR) is 126 cm³/mol. The van der Waals surface area contributed by atoms with Crippen molar-refractivity contribution in [1.82, 2.24) is 15.0 Å². The van der Waals surface area contributed by atoms with Crippen LogP contribution < -0.4 is 16.0 Å². The Kier molecular flexibility index (Phi) is 6.27. The normalized spacial score (nSPS) is 17.1. The Hall–Kier alpha value is -4.26. The fourth-order valence-electron chi connectivity index (χ4n) is 3.85. The van der Waals surface area contributed by atoms with Crippen molar-refractivity contribution in [2.24, 2.45) is 0 Å². The van der Waals surface area contributed by atoms with Gasteiger partial charge in [-0.2, -0.15) is 10.2 Å². The maximum atomic E-state index is 13.9. The van der Waals surface area contributed by atoms with Crippen molar-refractivity contribution >= 4 is 23.5 Å². The van der Waals surface area contributed by atoms with Crippen LogP contribution in [-0.2, 0) is 4.74 Å². The lowest BCUT2D eigenvalue weighted by Gasteiger charge is -2.22. The van der Waals surface area contributed by atoms with E-state index in [1.807, 2.05) is 19.9 Å². The number of halogens is 1. The van der Waals surface area contributed by atoms with Gasteiger partial charge in [-0.1, -0.05) is 0 Å². The van der Waals surface area contributed by atoms with Crippen LogP contribution in [0.4, 0.5) is 26.6 Å². The second kappa shape index (κ2) is 9.31. The summed E-state index contributed by atoms with van der Waals surface area (Å²) < 4.78 is 18.9. The van der Waals surface area contributed by atoms with E-state index in [4.69, 9.17) is 10.5 Å². The third kappa shape index (κ3) is 4.59. The van der Waals surface area contributed by atoms with Gasteiger partial charge in [0.15, 0.2) is 0 Å². The van der Waals surface area contributed by atoms with Crippen molar-refractivity contribution in [3.05, 3.63) is 59.5 Å². The molecule has 0 unspecified atom stereocenters. The number of anilines is 3. The molecule has 1 amide bonds. The number of nitriles is 1. The zero-order chi connectivity index (χ0) is 24.4. The minimum atomic E-state index is -1.27. The number of aromatic nitrogens is 3. The Morgan fingerprint density at radius 2 is 2.09 bits per heavy atom. The third-order valence-corrected chi connectivity index (χ3v) is 5.64. The van der Waals surface area contributed by atoms with Crippen LogP contribution >= 0.6 is 0 Å². The van der Waals surface area contributed by atoms with Gasteiger partial charge < -0.3 is 15.8 Å². The molecular weight excluding hydrogens is 437 g/mol. The van der Waals surface area contributed by atoms with Crippen LogP contribution in [0.2, 0.25) is 0 Å². The molecule has 10 heteroatoms. The molecule has 0 radical (unpaired) electrons. The minimum Gasteiger partial charge on any atom is -0.447 e. The number of nitrogen functional groups attached to an aromatic ring is 1. The highest BCUT2D eigenvalue weighted by Gasteiger charge is 2.39. The van der Waals surface area contributed by atoms with Crippen LogP contribution in [0.25, 0.3) is 11.1 Å². The standard InChI is InChI=1S/C24H24FN7O2/c1-13-6-20(29-11-19(13)17-7-16(10-26)8-18(27)9-17)15(3)30-23-28-5-4-22(31-23)32-21(14(2)25)12-34-24(32)33/h4-9,11,14-15,21H,12,27H2,1-3H3,(H,28,30,31)/t14-,15-,21+/m0/s1. The first-order chi connectivity index (χ1) is 16.3. The minimum absolute atomic E-state index is 0.0296. The summed E-state index contributed by atoms with van der Waals surface area (Å²) in [5.74, 6) is 0.532. The van der Waals surface area contributed by atoms with Crippen molar-refractivity contribution < 1.29 is 13.9 Å². The van der Waals surface area contributed by atoms with Crippen LogP contribution in [0.5, 0.6) is 0 Å². The largest absolute Gasteiger partial charge is 0.447 e. The van der Waals surface area contributed by atoms with Crippen LogP contribution in [0, 0.1) is 18.3 Å². The summed E-state index contributed by atoms with van der Waals surface area (Å²) in [6.07, 6.45) is 1.33. The molecule has 3 heterocycles. The number of carbonyl (C=O) groups excluding carboxylic acids is 1. The van der Waals surface area contributed by atoms with Gasteiger partial charge in [0.1, 0.15) is 24.6 Å². The summed E-state index contributed by atoms with van der Waals surface area (Å²) in [4.78, 5) is 26.5. The Balaban J connectivity index is 1.55. The van der Waals surface area contributed by atoms with Crippen LogP contribution in [0.3, 0.4) is 0 Å². The molecule has 0 bridgehead atoms. The number of nitrogens with one attached hydrogen (secondary N) is 1. The summed E-state index contributed by atoms with van der Waals surface area (Å²) in [5, 5.41) is 12.4. The molecule has 0 aliphatic carbocycles. The molecule has 1 fully saturated rings. The number of nitrogens with two attached hydrogens (primary N) is 1. The number of nitrogens with zero attached hydrogens (tertiary/aromatic N) is 5. The summed E-state index contributed by atoms with van der Waals surface area (Å²) in [7, 11) is 0. The number of hydrogen-bond donors (Lipinski definition) is 2. The topological polar surface area (TPSA) is 130 Å². The number of carbonyl (C=O) groups is 1. The molecule has 9 nitrogen and oxygen atoms in total. The number of benzene rings is 1. The van der Waals surface area contributed by atoms with E-state index >= 15 is 0 Å². The molecular formula is C24H24FN7O2. The Bertz CT molecular complexity index is 1270. The second-order valence-corrected chi connectivity index (χ2v) is 8.18. The van der Waals surface area contributed by atoms with Gasteiger partial charge in [-0.15, -0.1) is 0 Å². The van der Waals surface area contributed by atoms with Crippen molar-refractivity contribution in [3.8, 4) is 17.2 Å².